The predicted molar refractivity (Wildman–Crippen MR) is 245 cm³/mol. The number of hydrogen-bond acceptors (Lipinski definition) is 5. The standard InChI is InChI=1S/C48H97N2O6P/c1-6-8-10-12-14-16-18-20-21-22-23-24-25-26-27-28-30-32-34-36-38-40-42-48(52)49-46(45-56-57(53,54)55-44-43-50(3,4)5)47(51)41-39-37-35-33-31-29-19-17-15-13-11-9-7-2/h39,41,46-47,51H,6-38,40,42-45H2,1-5H3,(H-,49,52,53,54)/p+1/b41-39+/t46-,47+/m0/s1. The number of carbonyl (C=O) groups is 1. The van der Waals surface area contributed by atoms with Crippen LogP contribution in [0.5, 0.6) is 0 Å². The fourth-order valence-electron chi connectivity index (χ4n) is 7.34. The number of unbranched alkanes of at least 4 members (excludes halogenated alkanes) is 32. The van der Waals surface area contributed by atoms with Gasteiger partial charge in [0.05, 0.1) is 39.9 Å². The first-order valence-electron chi connectivity index (χ1n) is 24.6. The highest BCUT2D eigenvalue weighted by Crippen LogP contribution is 2.43. The van der Waals surface area contributed by atoms with Gasteiger partial charge in [-0.25, -0.2) is 4.57 Å². The molecule has 8 nitrogen and oxygen atoms in total. The third-order valence-electron chi connectivity index (χ3n) is 11.3. The van der Waals surface area contributed by atoms with Gasteiger partial charge in [0, 0.05) is 6.42 Å². The molecule has 0 aromatic heterocycles. The van der Waals surface area contributed by atoms with Crippen molar-refractivity contribution in [3.63, 3.8) is 0 Å². The number of aliphatic hydroxyl groups is 1. The topological polar surface area (TPSA) is 105 Å². The number of phosphoric ester groups is 1. The molecule has 57 heavy (non-hydrogen) atoms. The quantitative estimate of drug-likeness (QED) is 0.0244. The summed E-state index contributed by atoms with van der Waals surface area (Å²) < 4.78 is 23.6. The number of nitrogens with one attached hydrogen (secondary N) is 1. The van der Waals surface area contributed by atoms with Gasteiger partial charge in [-0.15, -0.1) is 0 Å². The van der Waals surface area contributed by atoms with Crippen LogP contribution >= 0.6 is 7.82 Å². The fraction of sp³-hybridized carbons (Fsp3) is 0.938. The van der Waals surface area contributed by atoms with E-state index in [0.29, 0.717) is 17.4 Å². The molecule has 1 unspecified atom stereocenters. The zero-order chi connectivity index (χ0) is 42.1. The van der Waals surface area contributed by atoms with E-state index in [0.717, 1.165) is 38.5 Å². The number of aliphatic hydroxyl groups excluding tert-OH is 1. The largest absolute Gasteiger partial charge is 0.472 e. The van der Waals surface area contributed by atoms with Crippen LogP contribution in [0, 0.1) is 0 Å². The van der Waals surface area contributed by atoms with Crippen molar-refractivity contribution >= 4 is 13.7 Å². The van der Waals surface area contributed by atoms with Crippen LogP contribution in [-0.2, 0) is 18.4 Å². The van der Waals surface area contributed by atoms with Crippen molar-refractivity contribution in [2.45, 2.75) is 251 Å². The van der Waals surface area contributed by atoms with Crippen LogP contribution in [0.25, 0.3) is 0 Å². The van der Waals surface area contributed by atoms with Crippen molar-refractivity contribution < 1.29 is 32.9 Å². The molecular formula is C48H98N2O6P+. The Kier molecular flexibility index (Phi) is 40.1. The van der Waals surface area contributed by atoms with Crippen molar-refractivity contribution in [3.05, 3.63) is 12.2 Å². The van der Waals surface area contributed by atoms with Gasteiger partial charge < -0.3 is 19.8 Å². The van der Waals surface area contributed by atoms with Crippen LogP contribution in [0.1, 0.15) is 239 Å². The summed E-state index contributed by atoms with van der Waals surface area (Å²) in [7, 11) is 1.58. The SMILES string of the molecule is CCCCCCCCCCCCC/C=C/[C@@H](O)[C@H](COP(=O)(O)OCC[N+](C)(C)C)NC(=O)CCCCCCCCCCCCCCCCCCCCCCCC. The summed E-state index contributed by atoms with van der Waals surface area (Å²) in [6.45, 7) is 4.84. The highest BCUT2D eigenvalue weighted by Gasteiger charge is 2.27. The molecule has 0 bridgehead atoms. The summed E-state index contributed by atoms with van der Waals surface area (Å²) in [5, 5.41) is 13.8. The number of nitrogens with zero attached hydrogens (tertiary/aromatic N) is 1. The number of rotatable bonds is 45. The van der Waals surface area contributed by atoms with E-state index < -0.39 is 20.0 Å². The fourth-order valence-corrected chi connectivity index (χ4v) is 8.07. The minimum Gasteiger partial charge on any atom is -0.387 e. The summed E-state index contributed by atoms with van der Waals surface area (Å²) in [6, 6.07) is -0.840. The lowest BCUT2D eigenvalue weighted by molar-refractivity contribution is -0.870. The van der Waals surface area contributed by atoms with Gasteiger partial charge in [-0.05, 0) is 19.3 Å². The summed E-state index contributed by atoms with van der Waals surface area (Å²) in [5.41, 5.74) is 0. The first-order valence-corrected chi connectivity index (χ1v) is 26.1. The van der Waals surface area contributed by atoms with Gasteiger partial charge >= 0.3 is 7.82 Å². The van der Waals surface area contributed by atoms with Crippen LogP contribution in [-0.4, -0.2) is 73.4 Å². The summed E-state index contributed by atoms with van der Waals surface area (Å²) >= 11 is 0. The zero-order valence-corrected chi connectivity index (χ0v) is 39.5. The van der Waals surface area contributed by atoms with E-state index in [2.05, 4.69) is 19.2 Å². The molecule has 0 aromatic carbocycles. The number of allylic oxidation sites excluding steroid dienone is 1. The summed E-state index contributed by atoms with van der Waals surface area (Å²) in [5.74, 6) is -0.173. The average Bonchev–Trinajstić information content (AvgIpc) is 3.16. The molecule has 0 saturated carbocycles. The monoisotopic (exact) mass is 830 g/mol. The van der Waals surface area contributed by atoms with Crippen LogP contribution < -0.4 is 5.32 Å². The Bertz CT molecular complexity index is 942. The number of amides is 1. The second kappa shape index (κ2) is 40.6. The smallest absolute Gasteiger partial charge is 0.387 e. The Morgan fingerprint density at radius 3 is 1.30 bits per heavy atom. The van der Waals surface area contributed by atoms with Gasteiger partial charge in [-0.1, -0.05) is 225 Å². The van der Waals surface area contributed by atoms with E-state index in [-0.39, 0.29) is 19.1 Å². The Hall–Kier alpha value is -0.760. The first kappa shape index (κ1) is 56.2. The molecule has 0 rings (SSSR count). The lowest BCUT2D eigenvalue weighted by atomic mass is 10.0. The maximum absolute atomic E-state index is 12.9. The van der Waals surface area contributed by atoms with Crippen LogP contribution in [0.3, 0.4) is 0 Å². The molecule has 0 heterocycles. The minimum absolute atomic E-state index is 0.0647. The Balaban J connectivity index is 4.23. The molecule has 0 spiro atoms. The minimum atomic E-state index is -4.33. The molecule has 0 aliphatic rings. The van der Waals surface area contributed by atoms with Gasteiger partial charge in [-0.2, -0.15) is 0 Å². The summed E-state index contributed by atoms with van der Waals surface area (Å²) in [4.78, 5) is 23.2. The van der Waals surface area contributed by atoms with Gasteiger partial charge in [0.25, 0.3) is 0 Å². The van der Waals surface area contributed by atoms with Crippen LogP contribution in [0.4, 0.5) is 0 Å². The molecule has 0 fully saturated rings. The van der Waals surface area contributed by atoms with Crippen LogP contribution in [0.15, 0.2) is 12.2 Å². The number of phosphoric acid groups is 1. The maximum Gasteiger partial charge on any atom is 0.472 e. The molecule has 9 heteroatoms. The molecule has 1 amide bonds. The molecule has 0 aliphatic carbocycles. The third kappa shape index (κ3) is 43.1. The van der Waals surface area contributed by atoms with E-state index >= 15 is 0 Å². The Labute approximate surface area is 354 Å². The van der Waals surface area contributed by atoms with Gasteiger partial charge in [0.15, 0.2) is 0 Å². The van der Waals surface area contributed by atoms with E-state index in [4.69, 9.17) is 9.05 Å². The molecule has 0 saturated heterocycles. The molecule has 340 valence electrons. The highest BCUT2D eigenvalue weighted by atomic mass is 31.2. The Morgan fingerprint density at radius 2 is 0.930 bits per heavy atom. The molecule has 0 aliphatic heterocycles. The van der Waals surface area contributed by atoms with Crippen molar-refractivity contribution in [2.24, 2.45) is 0 Å². The number of hydrogen-bond donors (Lipinski definition) is 3. The van der Waals surface area contributed by atoms with Gasteiger partial charge in [0.2, 0.25) is 5.91 Å². The van der Waals surface area contributed by atoms with E-state index in [1.54, 1.807) is 6.08 Å². The molecular weight excluding hydrogens is 732 g/mol. The zero-order valence-electron chi connectivity index (χ0n) is 38.6. The number of carbonyl (C=O) groups excluding carboxylic acids is 1. The van der Waals surface area contributed by atoms with Crippen molar-refractivity contribution in [1.82, 2.24) is 5.32 Å². The third-order valence-corrected chi connectivity index (χ3v) is 12.2. The second-order valence-electron chi connectivity index (χ2n) is 18.2. The van der Waals surface area contributed by atoms with E-state index in [1.165, 1.54) is 180 Å². The molecule has 3 atom stereocenters. The molecule has 0 aromatic rings. The van der Waals surface area contributed by atoms with Crippen molar-refractivity contribution in [3.8, 4) is 0 Å². The normalized spacial score (nSPS) is 14.3. The second-order valence-corrected chi connectivity index (χ2v) is 19.7. The molecule has 3 N–H and O–H groups in total. The number of likely N-dealkylation sites (N-methyl/N-ethyl adjacent to an activating group) is 1. The first-order chi connectivity index (χ1) is 27.5. The lowest BCUT2D eigenvalue weighted by Crippen LogP contribution is -2.45. The van der Waals surface area contributed by atoms with Crippen LogP contribution in [0.2, 0.25) is 0 Å². The average molecular weight is 830 g/mol. The Morgan fingerprint density at radius 1 is 0.579 bits per heavy atom. The van der Waals surface area contributed by atoms with Gasteiger partial charge in [0.1, 0.15) is 13.2 Å². The van der Waals surface area contributed by atoms with E-state index in [1.807, 2.05) is 27.2 Å². The number of quaternary nitrogens is 1. The van der Waals surface area contributed by atoms with Crippen molar-refractivity contribution in [2.75, 3.05) is 40.9 Å². The van der Waals surface area contributed by atoms with Gasteiger partial charge in [-0.3, -0.25) is 13.8 Å². The lowest BCUT2D eigenvalue weighted by Gasteiger charge is -2.25. The summed E-state index contributed by atoms with van der Waals surface area (Å²) in [6.07, 6.45) is 47.1. The van der Waals surface area contributed by atoms with E-state index in [9.17, 15) is 19.4 Å². The van der Waals surface area contributed by atoms with Crippen molar-refractivity contribution in [1.29, 1.82) is 0 Å². The molecule has 0 radical (unpaired) electrons. The maximum atomic E-state index is 12.9. The highest BCUT2D eigenvalue weighted by molar-refractivity contribution is 7.47. The predicted octanol–water partition coefficient (Wildman–Crippen LogP) is 13.9.